The highest BCUT2D eigenvalue weighted by molar-refractivity contribution is 5.92. The maximum absolute atomic E-state index is 13.3. The standard InChI is InChI=1S/C29H32N2O5/c1-17(32)35-24-16-23(33)19-15-22-20-10-11-21(31(3)25(34)12-9-18-7-5-4-6-8-18)28-29(20,13-14-30(22)2)26(19)27(24)36-28/h4-9,12,16,20-22,28,33H,10-11,13-15H2,1-3H3/t20-,21+,22+,28-,29-/m0/s1. The molecule has 0 radical (unpaired) electrons. The van der Waals surface area contributed by atoms with Crippen LogP contribution in [0.5, 0.6) is 17.2 Å². The van der Waals surface area contributed by atoms with Crippen LogP contribution in [0.2, 0.25) is 0 Å². The first-order chi connectivity index (χ1) is 17.3. The van der Waals surface area contributed by atoms with E-state index in [0.29, 0.717) is 17.7 Å². The summed E-state index contributed by atoms with van der Waals surface area (Å²) in [7, 11) is 4.01. The number of carbonyl (C=O) groups is 2. The summed E-state index contributed by atoms with van der Waals surface area (Å²) in [5, 5.41) is 11.0. The number of rotatable bonds is 4. The lowest BCUT2D eigenvalue weighted by Crippen LogP contribution is -2.68. The van der Waals surface area contributed by atoms with Gasteiger partial charge in [-0.2, -0.15) is 0 Å². The molecule has 5 atom stereocenters. The first-order valence-electron chi connectivity index (χ1n) is 12.8. The van der Waals surface area contributed by atoms with Crippen LogP contribution < -0.4 is 9.47 Å². The van der Waals surface area contributed by atoms with Gasteiger partial charge in [-0.3, -0.25) is 9.59 Å². The fourth-order valence-corrected chi connectivity index (χ4v) is 7.40. The summed E-state index contributed by atoms with van der Waals surface area (Å²) in [6.45, 7) is 2.27. The van der Waals surface area contributed by atoms with E-state index >= 15 is 0 Å². The van der Waals surface area contributed by atoms with Crippen molar-refractivity contribution in [2.75, 3.05) is 20.6 Å². The summed E-state index contributed by atoms with van der Waals surface area (Å²) in [5.41, 5.74) is 2.55. The van der Waals surface area contributed by atoms with Gasteiger partial charge in [-0.15, -0.1) is 0 Å². The van der Waals surface area contributed by atoms with Crippen LogP contribution in [0.3, 0.4) is 0 Å². The van der Waals surface area contributed by atoms with Crippen molar-refractivity contribution in [1.82, 2.24) is 9.80 Å². The van der Waals surface area contributed by atoms with E-state index in [1.54, 1.807) is 6.08 Å². The van der Waals surface area contributed by atoms with Gasteiger partial charge in [-0.25, -0.2) is 0 Å². The highest BCUT2D eigenvalue weighted by Crippen LogP contribution is 2.65. The number of hydrogen-bond acceptors (Lipinski definition) is 6. The molecular weight excluding hydrogens is 456 g/mol. The Morgan fingerprint density at radius 1 is 1.25 bits per heavy atom. The molecule has 188 valence electrons. The molecule has 4 aliphatic rings. The molecule has 7 nitrogen and oxygen atoms in total. The van der Waals surface area contributed by atoms with Crippen LogP contribution in [0, 0.1) is 5.92 Å². The van der Waals surface area contributed by atoms with Crippen molar-refractivity contribution >= 4 is 18.0 Å². The number of ether oxygens (including phenoxy) is 2. The second-order valence-electron chi connectivity index (χ2n) is 10.7. The zero-order valence-corrected chi connectivity index (χ0v) is 20.9. The molecule has 2 heterocycles. The maximum atomic E-state index is 13.3. The number of aromatic hydroxyl groups is 1. The van der Waals surface area contributed by atoms with Crippen molar-refractivity contribution < 1.29 is 24.2 Å². The van der Waals surface area contributed by atoms with Crippen LogP contribution in [0.15, 0.2) is 42.5 Å². The third-order valence-electron chi connectivity index (χ3n) is 8.97. The van der Waals surface area contributed by atoms with E-state index in [9.17, 15) is 14.7 Å². The number of likely N-dealkylation sites (tertiary alicyclic amines) is 1. The van der Waals surface area contributed by atoms with Gasteiger partial charge in [0.2, 0.25) is 5.91 Å². The third kappa shape index (κ3) is 3.29. The minimum atomic E-state index is -0.454. The van der Waals surface area contributed by atoms with E-state index in [0.717, 1.165) is 48.9 Å². The number of carbonyl (C=O) groups excluding carboxylic acids is 2. The number of esters is 1. The van der Waals surface area contributed by atoms with Crippen molar-refractivity contribution in [2.45, 2.75) is 56.2 Å². The SMILES string of the molecule is CC(=O)Oc1cc(O)c2c3c1O[C@H]1[C@H](N(C)C(=O)C=Cc4ccccc4)CC[C@H]4[C@@H](C2)N(C)CC[C@@]341. The first kappa shape index (κ1) is 23.1. The maximum Gasteiger partial charge on any atom is 0.308 e. The van der Waals surface area contributed by atoms with Crippen LogP contribution in [0.4, 0.5) is 0 Å². The Morgan fingerprint density at radius 2 is 2.03 bits per heavy atom. The molecular formula is C29H32N2O5. The average molecular weight is 489 g/mol. The lowest BCUT2D eigenvalue weighted by molar-refractivity contribution is -0.134. The van der Waals surface area contributed by atoms with Crippen LogP contribution in [0.25, 0.3) is 6.08 Å². The molecule has 6 rings (SSSR count). The quantitative estimate of drug-likeness (QED) is 0.403. The molecule has 2 aromatic rings. The van der Waals surface area contributed by atoms with E-state index in [4.69, 9.17) is 9.47 Å². The summed E-state index contributed by atoms with van der Waals surface area (Å²) >= 11 is 0. The third-order valence-corrected chi connectivity index (χ3v) is 8.97. The first-order valence-corrected chi connectivity index (χ1v) is 12.8. The molecule has 0 aromatic heterocycles. The fraction of sp³-hybridized carbons (Fsp3) is 0.448. The van der Waals surface area contributed by atoms with Gasteiger partial charge in [0.1, 0.15) is 11.9 Å². The van der Waals surface area contributed by atoms with Gasteiger partial charge in [0, 0.05) is 48.7 Å². The van der Waals surface area contributed by atoms with Crippen molar-refractivity contribution in [3.63, 3.8) is 0 Å². The minimum absolute atomic E-state index is 0.0678. The Kier molecular flexibility index (Phi) is 5.37. The molecule has 0 unspecified atom stereocenters. The summed E-state index contributed by atoms with van der Waals surface area (Å²) < 4.78 is 12.2. The fourth-order valence-electron chi connectivity index (χ4n) is 7.40. The molecule has 2 fully saturated rings. The van der Waals surface area contributed by atoms with Crippen molar-refractivity contribution in [3.8, 4) is 17.2 Å². The molecule has 1 N–H and O–H groups in total. The number of likely N-dealkylation sites (N-methyl/N-ethyl adjacent to an activating group) is 2. The number of piperidine rings is 1. The summed E-state index contributed by atoms with van der Waals surface area (Å²) in [4.78, 5) is 29.4. The number of amides is 1. The van der Waals surface area contributed by atoms with Gasteiger partial charge < -0.3 is 24.4 Å². The van der Waals surface area contributed by atoms with Crippen LogP contribution in [-0.4, -0.2) is 65.6 Å². The minimum Gasteiger partial charge on any atom is -0.508 e. The molecule has 2 aromatic carbocycles. The van der Waals surface area contributed by atoms with E-state index in [1.165, 1.54) is 13.0 Å². The Balaban J connectivity index is 1.41. The van der Waals surface area contributed by atoms with Crippen LogP contribution in [-0.2, 0) is 21.4 Å². The predicted octanol–water partition coefficient (Wildman–Crippen LogP) is 3.53. The number of nitrogens with zero attached hydrogens (tertiary/aromatic N) is 2. The van der Waals surface area contributed by atoms with Crippen LogP contribution >= 0.6 is 0 Å². The highest BCUT2D eigenvalue weighted by Gasteiger charge is 2.66. The Hall–Kier alpha value is -3.32. The Morgan fingerprint density at radius 3 is 2.78 bits per heavy atom. The number of phenols is 1. The van der Waals surface area contributed by atoms with E-state index in [1.807, 2.05) is 48.4 Å². The summed E-state index contributed by atoms with van der Waals surface area (Å²) in [6.07, 6.45) is 6.62. The van der Waals surface area contributed by atoms with Gasteiger partial charge in [0.25, 0.3) is 0 Å². The number of phenolic OH excluding ortho intramolecular Hbond substituents is 1. The normalized spacial score (nSPS) is 30.0. The molecule has 2 bridgehead atoms. The van der Waals surface area contributed by atoms with Gasteiger partial charge in [0.05, 0.1) is 6.04 Å². The van der Waals surface area contributed by atoms with Gasteiger partial charge in [0.15, 0.2) is 11.5 Å². The molecule has 1 saturated heterocycles. The van der Waals surface area contributed by atoms with Gasteiger partial charge in [-0.1, -0.05) is 30.3 Å². The van der Waals surface area contributed by atoms with Crippen LogP contribution in [0.1, 0.15) is 42.9 Å². The van der Waals surface area contributed by atoms with Gasteiger partial charge in [-0.05, 0) is 56.8 Å². The topological polar surface area (TPSA) is 79.3 Å². The second kappa shape index (κ2) is 8.37. The van der Waals surface area contributed by atoms with Crippen molar-refractivity contribution in [3.05, 3.63) is 59.2 Å². The van der Waals surface area contributed by atoms with E-state index in [-0.39, 0.29) is 35.0 Å². The predicted molar refractivity (Wildman–Crippen MR) is 135 cm³/mol. The summed E-state index contributed by atoms with van der Waals surface area (Å²) in [6, 6.07) is 11.5. The smallest absolute Gasteiger partial charge is 0.308 e. The molecule has 36 heavy (non-hydrogen) atoms. The molecule has 1 amide bonds. The highest BCUT2D eigenvalue weighted by atomic mass is 16.6. The number of hydrogen-bond donors (Lipinski definition) is 1. The largest absolute Gasteiger partial charge is 0.508 e. The zero-order valence-electron chi connectivity index (χ0n) is 20.9. The Bertz CT molecular complexity index is 1260. The molecule has 1 saturated carbocycles. The molecule has 1 spiro atoms. The zero-order chi connectivity index (χ0) is 25.2. The van der Waals surface area contributed by atoms with Crippen molar-refractivity contribution in [1.29, 1.82) is 0 Å². The summed E-state index contributed by atoms with van der Waals surface area (Å²) in [5.74, 6) is 0.831. The Labute approximate surface area is 211 Å². The molecule has 2 aliphatic heterocycles. The van der Waals surface area contributed by atoms with E-state index in [2.05, 4.69) is 11.9 Å². The van der Waals surface area contributed by atoms with Gasteiger partial charge >= 0.3 is 5.97 Å². The van der Waals surface area contributed by atoms with E-state index < -0.39 is 5.97 Å². The molecule has 2 aliphatic carbocycles. The monoisotopic (exact) mass is 488 g/mol. The number of benzene rings is 2. The lowest BCUT2D eigenvalue weighted by Gasteiger charge is -2.59. The average Bonchev–Trinajstić information content (AvgIpc) is 3.21. The van der Waals surface area contributed by atoms with Crippen molar-refractivity contribution in [2.24, 2.45) is 5.92 Å². The second-order valence-corrected chi connectivity index (χ2v) is 10.7. The lowest BCUT2D eigenvalue weighted by atomic mass is 9.51. The molecule has 7 heteroatoms.